The Kier molecular flexibility index (Phi) is 3.70. The van der Waals surface area contributed by atoms with Crippen molar-refractivity contribution in [2.45, 2.75) is 40.0 Å². The average molecular weight is 390 g/mol. The molecule has 0 spiro atoms. The molecule has 0 amide bonds. The number of halogens is 1. The fraction of sp³-hybridized carbons (Fsp3) is 0.333. The van der Waals surface area contributed by atoms with Crippen molar-refractivity contribution in [3.63, 3.8) is 0 Å². The zero-order chi connectivity index (χ0) is 16.3. The molecule has 0 fully saturated rings. The minimum Gasteiger partial charge on any atom is -0.417 e. The van der Waals surface area contributed by atoms with Crippen LogP contribution >= 0.6 is 15.9 Å². The van der Waals surface area contributed by atoms with E-state index in [2.05, 4.69) is 96.6 Å². The SMILES string of the molecule is Cc1cc(Br)cc(C)c1N1[Si](C)(C)c2ccccc2[Si]1(C)C. The highest BCUT2D eigenvalue weighted by Crippen LogP contribution is 2.37. The van der Waals surface area contributed by atoms with Crippen LogP contribution in [-0.4, -0.2) is 16.5 Å². The van der Waals surface area contributed by atoms with Crippen LogP contribution in [0.2, 0.25) is 26.2 Å². The second kappa shape index (κ2) is 5.08. The summed E-state index contributed by atoms with van der Waals surface area (Å²) < 4.78 is 4.06. The predicted molar refractivity (Wildman–Crippen MR) is 107 cm³/mol. The Bertz CT molecular complexity index is 694. The van der Waals surface area contributed by atoms with E-state index in [1.807, 2.05) is 0 Å². The van der Waals surface area contributed by atoms with Crippen molar-refractivity contribution < 1.29 is 0 Å². The van der Waals surface area contributed by atoms with Crippen molar-refractivity contribution in [1.82, 2.24) is 0 Å². The molecule has 0 aromatic heterocycles. The van der Waals surface area contributed by atoms with Gasteiger partial charge in [-0.3, -0.25) is 0 Å². The lowest BCUT2D eigenvalue weighted by atomic mass is 10.1. The van der Waals surface area contributed by atoms with Crippen LogP contribution in [0, 0.1) is 13.8 Å². The lowest BCUT2D eigenvalue weighted by Gasteiger charge is -2.43. The van der Waals surface area contributed by atoms with Crippen LogP contribution < -0.4 is 14.6 Å². The summed E-state index contributed by atoms with van der Waals surface area (Å²) in [5.74, 6) is 0. The molecular weight excluding hydrogens is 366 g/mol. The average Bonchev–Trinajstić information content (AvgIpc) is 2.56. The van der Waals surface area contributed by atoms with Crippen molar-refractivity contribution in [3.05, 3.63) is 52.0 Å². The summed E-state index contributed by atoms with van der Waals surface area (Å²) in [5, 5.41) is 3.27. The molecule has 1 heterocycles. The lowest BCUT2D eigenvalue weighted by Crippen LogP contribution is -2.61. The summed E-state index contributed by atoms with van der Waals surface area (Å²) in [5.41, 5.74) is 4.26. The second-order valence-electron chi connectivity index (χ2n) is 7.39. The second-order valence-corrected chi connectivity index (χ2v) is 17.0. The first-order valence-electron chi connectivity index (χ1n) is 7.84. The number of anilines is 1. The fourth-order valence-corrected chi connectivity index (χ4v) is 17.9. The Hall–Kier alpha value is -0.846. The molecule has 0 atom stereocenters. The number of nitrogens with zero attached hydrogens (tertiary/aromatic N) is 1. The Morgan fingerprint density at radius 3 is 1.64 bits per heavy atom. The molecule has 0 unspecified atom stereocenters. The van der Waals surface area contributed by atoms with E-state index in [0.29, 0.717) is 0 Å². The number of aryl methyl sites for hydroxylation is 2. The minimum atomic E-state index is -1.67. The van der Waals surface area contributed by atoms with E-state index >= 15 is 0 Å². The van der Waals surface area contributed by atoms with Crippen molar-refractivity contribution in [2.75, 3.05) is 4.23 Å². The first kappa shape index (κ1) is 16.0. The van der Waals surface area contributed by atoms with Gasteiger partial charge in [0.25, 0.3) is 0 Å². The van der Waals surface area contributed by atoms with Gasteiger partial charge in [0.15, 0.2) is 16.5 Å². The van der Waals surface area contributed by atoms with Gasteiger partial charge in [0.05, 0.1) is 0 Å². The topological polar surface area (TPSA) is 3.24 Å². The van der Waals surface area contributed by atoms with Gasteiger partial charge in [-0.25, -0.2) is 0 Å². The van der Waals surface area contributed by atoms with Crippen molar-refractivity contribution in [3.8, 4) is 0 Å². The Labute approximate surface area is 144 Å². The van der Waals surface area contributed by atoms with Crippen molar-refractivity contribution in [1.29, 1.82) is 0 Å². The van der Waals surface area contributed by atoms with E-state index < -0.39 is 16.5 Å². The number of hydrogen-bond donors (Lipinski definition) is 0. The molecule has 1 aliphatic heterocycles. The third-order valence-electron chi connectivity index (χ3n) is 5.04. The smallest absolute Gasteiger partial charge is 0.174 e. The van der Waals surface area contributed by atoms with Gasteiger partial charge in [-0.05, 0) is 73.7 Å². The molecule has 0 aliphatic carbocycles. The normalized spacial score (nSPS) is 18.4. The monoisotopic (exact) mass is 389 g/mol. The van der Waals surface area contributed by atoms with Gasteiger partial charge >= 0.3 is 0 Å². The van der Waals surface area contributed by atoms with E-state index in [9.17, 15) is 0 Å². The van der Waals surface area contributed by atoms with Gasteiger partial charge in [-0.15, -0.1) is 0 Å². The van der Waals surface area contributed by atoms with Gasteiger partial charge in [-0.1, -0.05) is 40.2 Å². The van der Waals surface area contributed by atoms with E-state index in [0.717, 1.165) is 0 Å². The zero-order valence-electron chi connectivity index (χ0n) is 14.3. The maximum atomic E-state index is 3.65. The van der Waals surface area contributed by atoms with Crippen LogP contribution in [0.15, 0.2) is 40.9 Å². The molecule has 2 aromatic rings. The van der Waals surface area contributed by atoms with Crippen molar-refractivity contribution >= 4 is 48.5 Å². The maximum absolute atomic E-state index is 3.65. The van der Waals surface area contributed by atoms with Crippen LogP contribution in [0.1, 0.15) is 11.1 Å². The maximum Gasteiger partial charge on any atom is 0.174 e. The molecule has 0 saturated carbocycles. The molecule has 0 saturated heterocycles. The Morgan fingerprint density at radius 2 is 1.23 bits per heavy atom. The van der Waals surface area contributed by atoms with E-state index in [1.54, 1.807) is 10.4 Å². The molecule has 0 radical (unpaired) electrons. The summed E-state index contributed by atoms with van der Waals surface area (Å²) in [7, 11) is -3.33. The molecule has 0 bridgehead atoms. The van der Waals surface area contributed by atoms with Crippen LogP contribution in [-0.2, 0) is 0 Å². The van der Waals surface area contributed by atoms with Crippen LogP contribution in [0.3, 0.4) is 0 Å². The highest BCUT2D eigenvalue weighted by atomic mass is 79.9. The van der Waals surface area contributed by atoms with Gasteiger partial charge in [0.2, 0.25) is 0 Å². The molecular formula is C18H24BrNSi2. The quantitative estimate of drug-likeness (QED) is 0.652. The number of benzene rings is 2. The molecule has 3 rings (SSSR count). The van der Waals surface area contributed by atoms with Gasteiger partial charge in [-0.2, -0.15) is 0 Å². The molecule has 0 N–H and O–H groups in total. The predicted octanol–water partition coefficient (Wildman–Crippen LogP) is 4.41. The number of hydrogen-bond acceptors (Lipinski definition) is 1. The zero-order valence-corrected chi connectivity index (χ0v) is 17.9. The molecule has 22 heavy (non-hydrogen) atoms. The van der Waals surface area contributed by atoms with E-state index in [1.165, 1.54) is 21.3 Å². The number of rotatable bonds is 1. The summed E-state index contributed by atoms with van der Waals surface area (Å²) in [6.45, 7) is 14.5. The van der Waals surface area contributed by atoms with Crippen molar-refractivity contribution in [2.24, 2.45) is 0 Å². The largest absolute Gasteiger partial charge is 0.417 e. The Balaban J connectivity index is 2.29. The molecule has 1 nitrogen and oxygen atoms in total. The van der Waals surface area contributed by atoms with Crippen LogP contribution in [0.5, 0.6) is 0 Å². The first-order chi connectivity index (χ1) is 10.2. The third-order valence-corrected chi connectivity index (χ3v) is 15.3. The van der Waals surface area contributed by atoms with Gasteiger partial charge < -0.3 is 4.23 Å². The summed E-state index contributed by atoms with van der Waals surface area (Å²) in [4.78, 5) is 0. The first-order valence-corrected chi connectivity index (χ1v) is 14.5. The van der Waals surface area contributed by atoms with Gasteiger partial charge in [0.1, 0.15) is 0 Å². The van der Waals surface area contributed by atoms with Crippen LogP contribution in [0.25, 0.3) is 0 Å². The van der Waals surface area contributed by atoms with E-state index in [4.69, 9.17) is 0 Å². The van der Waals surface area contributed by atoms with Crippen LogP contribution in [0.4, 0.5) is 5.69 Å². The summed E-state index contributed by atoms with van der Waals surface area (Å²) >= 11 is 3.65. The summed E-state index contributed by atoms with van der Waals surface area (Å²) in [6, 6.07) is 13.7. The molecule has 4 heteroatoms. The highest BCUT2D eigenvalue weighted by molar-refractivity contribution is 9.10. The third kappa shape index (κ3) is 2.15. The fourth-order valence-electron chi connectivity index (χ4n) is 4.30. The van der Waals surface area contributed by atoms with Gasteiger partial charge in [0, 0.05) is 10.2 Å². The molecule has 116 valence electrons. The summed E-state index contributed by atoms with van der Waals surface area (Å²) in [6.07, 6.45) is 0. The Morgan fingerprint density at radius 1 is 0.818 bits per heavy atom. The highest BCUT2D eigenvalue weighted by Gasteiger charge is 2.52. The lowest BCUT2D eigenvalue weighted by molar-refractivity contribution is 1.29. The molecule has 2 aromatic carbocycles. The standard InChI is InChI=1S/C18H24BrNSi2/c1-13-11-15(19)12-14(2)18(13)20-21(3,4)16-9-7-8-10-17(16)22(20,5)6/h7-12H,1-6H3. The van der Waals surface area contributed by atoms with E-state index in [-0.39, 0.29) is 0 Å². The molecule has 1 aliphatic rings. The number of fused-ring (bicyclic) bond motifs is 1. The minimum absolute atomic E-state index is 1.18.